The van der Waals surface area contributed by atoms with Gasteiger partial charge in [0, 0.05) is 36.6 Å². The summed E-state index contributed by atoms with van der Waals surface area (Å²) in [7, 11) is 0. The maximum Gasteiger partial charge on any atom is 0.126 e. The highest BCUT2D eigenvalue weighted by Gasteiger charge is 2.56. The Morgan fingerprint density at radius 1 is 1.21 bits per heavy atom. The van der Waals surface area contributed by atoms with E-state index in [0.717, 1.165) is 23.7 Å². The molecule has 6 nitrogen and oxygen atoms in total. The van der Waals surface area contributed by atoms with E-state index < -0.39 is 23.7 Å². The lowest BCUT2D eigenvalue weighted by atomic mass is 9.95. The van der Waals surface area contributed by atoms with E-state index >= 15 is 0 Å². The van der Waals surface area contributed by atoms with Crippen molar-refractivity contribution in [3.05, 3.63) is 88.6 Å². The summed E-state index contributed by atoms with van der Waals surface area (Å²) in [4.78, 5) is 11.6. The molecule has 3 N–H and O–H groups in total. The lowest BCUT2D eigenvalue weighted by Crippen LogP contribution is -2.45. The third-order valence-corrected chi connectivity index (χ3v) is 6.60. The van der Waals surface area contributed by atoms with Crippen molar-refractivity contribution >= 4 is 0 Å². The molecule has 2 aromatic carbocycles. The van der Waals surface area contributed by atoms with Crippen molar-refractivity contribution in [2.24, 2.45) is 22.7 Å². The molecule has 0 spiro atoms. The molecule has 4 atom stereocenters. The number of hydrogen-bond donors (Lipinski definition) is 2. The molecular formula is C25H29F2N5O. The summed E-state index contributed by atoms with van der Waals surface area (Å²) in [5.74, 6) is -0.497. The molecule has 3 aromatic rings. The van der Waals surface area contributed by atoms with Gasteiger partial charge in [0.15, 0.2) is 0 Å². The largest absolute Gasteiger partial charge is 0.325 e. The second-order valence-corrected chi connectivity index (χ2v) is 9.23. The average Bonchev–Trinajstić information content (AvgIpc) is 3.26. The molecule has 1 heterocycles. The van der Waals surface area contributed by atoms with Gasteiger partial charge >= 0.3 is 0 Å². The van der Waals surface area contributed by atoms with E-state index in [0.29, 0.717) is 17.4 Å². The van der Waals surface area contributed by atoms with Crippen LogP contribution in [0, 0.1) is 28.4 Å². The Bertz CT molecular complexity index is 1080. The van der Waals surface area contributed by atoms with E-state index in [9.17, 15) is 13.7 Å². The minimum Gasteiger partial charge on any atom is -0.325 e. The van der Waals surface area contributed by atoms with Crippen molar-refractivity contribution in [2.45, 2.75) is 44.3 Å². The molecule has 33 heavy (non-hydrogen) atoms. The monoisotopic (exact) mass is 453 g/mol. The Hall–Kier alpha value is -2.97. The van der Waals surface area contributed by atoms with Gasteiger partial charge in [0.2, 0.25) is 0 Å². The number of hydrogen-bond acceptors (Lipinski definition) is 5. The quantitative estimate of drug-likeness (QED) is 0.448. The first kappa shape index (κ1) is 23.2. The average molecular weight is 454 g/mol. The fourth-order valence-electron chi connectivity index (χ4n) is 4.77. The molecule has 1 fully saturated rings. The summed E-state index contributed by atoms with van der Waals surface area (Å²) in [6.07, 6.45) is 4.72. The highest BCUT2D eigenvalue weighted by Crippen LogP contribution is 2.56. The molecule has 174 valence electrons. The topological polar surface area (TPSA) is 85.3 Å². The zero-order valence-electron chi connectivity index (χ0n) is 18.8. The molecule has 1 saturated carbocycles. The van der Waals surface area contributed by atoms with Crippen LogP contribution in [0.2, 0.25) is 0 Å². The van der Waals surface area contributed by atoms with Crippen LogP contribution < -0.4 is 11.1 Å². The van der Waals surface area contributed by atoms with Gasteiger partial charge in [-0.25, -0.2) is 13.5 Å². The number of nitrogens with two attached hydrogens (primary N) is 1. The van der Waals surface area contributed by atoms with E-state index in [-0.39, 0.29) is 18.5 Å². The standard InChI is InChI=1S/C25H29F2N5O/c1-16(2)22-14-25(22,18-5-3-6-21(12-18)32-8-4-7-30-32)29-15-24(31-33)23(28)11-17-9-19(26)13-20(27)10-17/h3-10,12-13,16,22-24,29H,11,14-15,28H2,1-2H3. The van der Waals surface area contributed by atoms with E-state index in [1.807, 2.05) is 29.1 Å². The van der Waals surface area contributed by atoms with Crippen molar-refractivity contribution in [3.63, 3.8) is 0 Å². The lowest BCUT2D eigenvalue weighted by molar-refractivity contribution is 0.381. The van der Waals surface area contributed by atoms with E-state index in [4.69, 9.17) is 5.73 Å². The Kier molecular flexibility index (Phi) is 6.67. The minimum absolute atomic E-state index is 0.155. The molecule has 1 aromatic heterocycles. The first-order chi connectivity index (χ1) is 15.8. The molecule has 1 aliphatic rings. The van der Waals surface area contributed by atoms with Gasteiger partial charge in [-0.1, -0.05) is 31.2 Å². The predicted octanol–water partition coefficient (Wildman–Crippen LogP) is 4.32. The second kappa shape index (κ2) is 9.49. The van der Waals surface area contributed by atoms with Crippen molar-refractivity contribution in [2.75, 3.05) is 6.54 Å². The van der Waals surface area contributed by atoms with Gasteiger partial charge in [0.25, 0.3) is 0 Å². The highest BCUT2D eigenvalue weighted by atomic mass is 19.1. The molecular weight excluding hydrogens is 424 g/mol. The molecule has 0 bridgehead atoms. The molecule has 4 unspecified atom stereocenters. The first-order valence-electron chi connectivity index (χ1n) is 11.2. The fourth-order valence-corrected chi connectivity index (χ4v) is 4.77. The highest BCUT2D eigenvalue weighted by molar-refractivity contribution is 5.42. The number of nitrogens with one attached hydrogen (secondary N) is 1. The van der Waals surface area contributed by atoms with Crippen LogP contribution in [0.4, 0.5) is 8.78 Å². The summed E-state index contributed by atoms with van der Waals surface area (Å²) in [5.41, 5.74) is 8.44. The minimum atomic E-state index is -0.740. The smallest absolute Gasteiger partial charge is 0.126 e. The third kappa shape index (κ3) is 5.02. The molecule has 4 rings (SSSR count). The molecule has 0 saturated heterocycles. The molecule has 1 aliphatic carbocycles. The zero-order valence-corrected chi connectivity index (χ0v) is 18.8. The number of nitrogens with zero attached hydrogens (tertiary/aromatic N) is 3. The van der Waals surface area contributed by atoms with E-state index in [1.165, 1.54) is 12.1 Å². The van der Waals surface area contributed by atoms with Crippen molar-refractivity contribution in [3.8, 4) is 5.69 Å². The van der Waals surface area contributed by atoms with Crippen LogP contribution in [0.15, 0.2) is 66.1 Å². The summed E-state index contributed by atoms with van der Waals surface area (Å²) in [5, 5.41) is 11.1. The number of aromatic nitrogens is 2. The van der Waals surface area contributed by atoms with Gasteiger partial charge < -0.3 is 11.1 Å². The number of nitroso groups, excluding NO2 is 1. The summed E-state index contributed by atoms with van der Waals surface area (Å²) in [6, 6.07) is 11.9. The normalized spacial score (nSPS) is 21.7. The maximum absolute atomic E-state index is 13.5. The van der Waals surface area contributed by atoms with Crippen molar-refractivity contribution in [1.82, 2.24) is 15.1 Å². The van der Waals surface area contributed by atoms with Crippen LogP contribution in [0.1, 0.15) is 31.4 Å². The SMILES string of the molecule is CC(C)C1CC1(NCC(N=O)C(N)Cc1cc(F)cc(F)c1)c1cccc(-n2cccn2)c1. The van der Waals surface area contributed by atoms with Gasteiger partial charge in [0.05, 0.1) is 5.69 Å². The maximum atomic E-state index is 13.5. The van der Waals surface area contributed by atoms with Crippen LogP contribution in [0.5, 0.6) is 0 Å². The fraction of sp³-hybridized carbons (Fsp3) is 0.400. The number of halogens is 2. The Balaban J connectivity index is 1.51. The molecule has 0 radical (unpaired) electrons. The van der Waals surface area contributed by atoms with E-state index in [1.54, 1.807) is 6.20 Å². The Morgan fingerprint density at radius 2 is 1.97 bits per heavy atom. The zero-order chi connectivity index (χ0) is 23.6. The Labute approximate surface area is 192 Å². The van der Waals surface area contributed by atoms with Gasteiger partial charge in [-0.15, -0.1) is 0 Å². The van der Waals surface area contributed by atoms with Crippen LogP contribution in [-0.4, -0.2) is 28.4 Å². The van der Waals surface area contributed by atoms with Gasteiger partial charge in [-0.05, 0) is 66.1 Å². The van der Waals surface area contributed by atoms with Crippen LogP contribution in [0.3, 0.4) is 0 Å². The van der Waals surface area contributed by atoms with Crippen LogP contribution >= 0.6 is 0 Å². The van der Waals surface area contributed by atoms with Crippen LogP contribution in [0.25, 0.3) is 5.69 Å². The predicted molar refractivity (Wildman–Crippen MR) is 124 cm³/mol. The van der Waals surface area contributed by atoms with Crippen LogP contribution in [-0.2, 0) is 12.0 Å². The van der Waals surface area contributed by atoms with Gasteiger partial charge in [0.1, 0.15) is 17.7 Å². The number of benzene rings is 2. The van der Waals surface area contributed by atoms with E-state index in [2.05, 4.69) is 41.6 Å². The molecule has 0 aliphatic heterocycles. The second-order valence-electron chi connectivity index (χ2n) is 9.23. The van der Waals surface area contributed by atoms with Crippen molar-refractivity contribution < 1.29 is 8.78 Å². The Morgan fingerprint density at radius 3 is 2.58 bits per heavy atom. The summed E-state index contributed by atoms with van der Waals surface area (Å²) >= 11 is 0. The van der Waals surface area contributed by atoms with Crippen molar-refractivity contribution in [1.29, 1.82) is 0 Å². The number of rotatable bonds is 10. The molecule has 0 amide bonds. The summed E-state index contributed by atoms with van der Waals surface area (Å²) < 4.78 is 28.9. The lowest BCUT2D eigenvalue weighted by Gasteiger charge is -2.26. The summed E-state index contributed by atoms with van der Waals surface area (Å²) in [6.45, 7) is 4.65. The third-order valence-electron chi connectivity index (χ3n) is 6.60. The first-order valence-corrected chi connectivity index (χ1v) is 11.2. The van der Waals surface area contributed by atoms with Gasteiger partial charge in [-0.2, -0.15) is 10.0 Å². The van der Waals surface area contributed by atoms with Gasteiger partial charge in [-0.3, -0.25) is 0 Å². The molecule has 8 heteroatoms.